The lowest BCUT2D eigenvalue weighted by molar-refractivity contribution is -0.139. The lowest BCUT2D eigenvalue weighted by Gasteiger charge is -2.42. The summed E-state index contributed by atoms with van der Waals surface area (Å²) >= 11 is 0. The molecule has 1 aliphatic rings. The van der Waals surface area contributed by atoms with Crippen LogP contribution in [0.3, 0.4) is 0 Å². The summed E-state index contributed by atoms with van der Waals surface area (Å²) in [5, 5.41) is 12.0. The molecule has 0 saturated heterocycles. The monoisotopic (exact) mass is 318 g/mol. The summed E-state index contributed by atoms with van der Waals surface area (Å²) < 4.78 is 0. The molecule has 1 aromatic carbocycles. The van der Waals surface area contributed by atoms with Gasteiger partial charge in [0.1, 0.15) is 0 Å². The van der Waals surface area contributed by atoms with Gasteiger partial charge in [-0.15, -0.1) is 0 Å². The lowest BCUT2D eigenvalue weighted by atomic mass is 9.85. The normalized spacial score (nSPS) is 20.1. The van der Waals surface area contributed by atoms with E-state index in [0.717, 1.165) is 31.4 Å². The van der Waals surface area contributed by atoms with E-state index in [4.69, 9.17) is 5.11 Å². The Morgan fingerprint density at radius 3 is 2.43 bits per heavy atom. The molecule has 0 unspecified atom stereocenters. The van der Waals surface area contributed by atoms with Crippen molar-refractivity contribution in [2.24, 2.45) is 0 Å². The topological polar surface area (TPSA) is 69.6 Å². The highest BCUT2D eigenvalue weighted by molar-refractivity contribution is 5.79. The second-order valence-corrected chi connectivity index (χ2v) is 6.15. The summed E-state index contributed by atoms with van der Waals surface area (Å²) in [5.41, 5.74) is 2.30. The molecule has 5 nitrogen and oxygen atoms in total. The number of benzene rings is 1. The summed E-state index contributed by atoms with van der Waals surface area (Å²) in [6, 6.07) is 8.47. The number of carboxylic acids is 1. The number of nitrogens with one attached hydrogen (secondary N) is 1. The van der Waals surface area contributed by atoms with Crippen LogP contribution in [0.5, 0.6) is 0 Å². The van der Waals surface area contributed by atoms with Crippen molar-refractivity contribution < 1.29 is 14.7 Å². The molecule has 1 amide bonds. The predicted octanol–water partition coefficient (Wildman–Crippen LogP) is 1.85. The van der Waals surface area contributed by atoms with Crippen LogP contribution < -0.4 is 5.32 Å². The fraction of sp³-hybridized carbons (Fsp3) is 0.556. The van der Waals surface area contributed by atoms with Crippen LogP contribution in [0.1, 0.15) is 37.8 Å². The van der Waals surface area contributed by atoms with Gasteiger partial charge in [0.15, 0.2) is 0 Å². The molecule has 2 rings (SSSR count). The van der Waals surface area contributed by atoms with E-state index in [1.165, 1.54) is 5.56 Å². The standard InChI is InChI=1S/C18H26N2O3/c1-3-13-7-5-6-8-14(13)9-17(21)19-15-10-16(11-15)20(4-2)12-18(22)23/h5-8,15-16H,3-4,9-12H2,1-2H3,(H,19,21)(H,22,23). The average Bonchev–Trinajstić information content (AvgIpc) is 2.48. The first kappa shape index (κ1) is 17.5. The summed E-state index contributed by atoms with van der Waals surface area (Å²) in [7, 11) is 0. The highest BCUT2D eigenvalue weighted by atomic mass is 16.4. The molecule has 0 spiro atoms. The number of hydrogen-bond acceptors (Lipinski definition) is 3. The first-order chi connectivity index (χ1) is 11.0. The third kappa shape index (κ3) is 4.79. The molecule has 126 valence electrons. The Morgan fingerprint density at radius 2 is 1.87 bits per heavy atom. The molecule has 0 aromatic heterocycles. The van der Waals surface area contributed by atoms with Crippen molar-refractivity contribution in [3.8, 4) is 0 Å². The van der Waals surface area contributed by atoms with Gasteiger partial charge in [-0.3, -0.25) is 14.5 Å². The van der Waals surface area contributed by atoms with Crippen LogP contribution in [0.4, 0.5) is 0 Å². The SMILES string of the molecule is CCc1ccccc1CC(=O)NC1CC(N(CC)CC(=O)O)C1. The van der Waals surface area contributed by atoms with Gasteiger partial charge in [0.05, 0.1) is 13.0 Å². The second kappa shape index (κ2) is 8.11. The lowest BCUT2D eigenvalue weighted by Crippen LogP contribution is -2.55. The molecule has 5 heteroatoms. The van der Waals surface area contributed by atoms with E-state index in [0.29, 0.717) is 6.42 Å². The summed E-state index contributed by atoms with van der Waals surface area (Å²) in [6.45, 7) is 4.86. The van der Waals surface area contributed by atoms with E-state index < -0.39 is 5.97 Å². The van der Waals surface area contributed by atoms with Crippen LogP contribution in [0.15, 0.2) is 24.3 Å². The number of aliphatic carboxylic acids is 1. The number of amides is 1. The first-order valence-electron chi connectivity index (χ1n) is 8.35. The van der Waals surface area contributed by atoms with Gasteiger partial charge in [-0.25, -0.2) is 0 Å². The Labute approximate surface area is 137 Å². The number of rotatable bonds is 8. The van der Waals surface area contributed by atoms with Gasteiger partial charge in [-0.2, -0.15) is 0 Å². The Hall–Kier alpha value is -1.88. The Kier molecular flexibility index (Phi) is 6.16. The Balaban J connectivity index is 1.79. The molecule has 0 radical (unpaired) electrons. The van der Waals surface area contributed by atoms with Gasteiger partial charge in [0.25, 0.3) is 0 Å². The van der Waals surface area contributed by atoms with Crippen LogP contribution in [-0.4, -0.2) is 47.1 Å². The highest BCUT2D eigenvalue weighted by Crippen LogP contribution is 2.25. The van der Waals surface area contributed by atoms with Crippen molar-refractivity contribution in [2.75, 3.05) is 13.1 Å². The van der Waals surface area contributed by atoms with Crippen LogP contribution >= 0.6 is 0 Å². The van der Waals surface area contributed by atoms with Crippen molar-refractivity contribution in [2.45, 2.75) is 51.6 Å². The number of likely N-dealkylation sites (N-methyl/N-ethyl adjacent to an activating group) is 1. The van der Waals surface area contributed by atoms with E-state index in [2.05, 4.69) is 18.3 Å². The third-order valence-electron chi connectivity index (χ3n) is 4.59. The number of carbonyl (C=O) groups is 2. The average molecular weight is 318 g/mol. The van der Waals surface area contributed by atoms with Crippen molar-refractivity contribution in [1.29, 1.82) is 0 Å². The molecular formula is C18H26N2O3. The number of hydrogen-bond donors (Lipinski definition) is 2. The molecule has 0 heterocycles. The minimum absolute atomic E-state index is 0.0515. The van der Waals surface area contributed by atoms with Gasteiger partial charge < -0.3 is 10.4 Å². The van der Waals surface area contributed by atoms with Crippen molar-refractivity contribution >= 4 is 11.9 Å². The minimum atomic E-state index is -0.796. The van der Waals surface area contributed by atoms with Crippen molar-refractivity contribution in [1.82, 2.24) is 10.2 Å². The summed E-state index contributed by atoms with van der Waals surface area (Å²) in [6.07, 6.45) is 3.01. The molecule has 0 aliphatic heterocycles. The van der Waals surface area contributed by atoms with E-state index in [9.17, 15) is 9.59 Å². The minimum Gasteiger partial charge on any atom is -0.480 e. The molecular weight excluding hydrogens is 292 g/mol. The molecule has 2 N–H and O–H groups in total. The number of nitrogens with zero attached hydrogens (tertiary/aromatic N) is 1. The summed E-state index contributed by atoms with van der Waals surface area (Å²) in [5.74, 6) is -0.744. The van der Waals surface area contributed by atoms with Gasteiger partial charge in [-0.1, -0.05) is 38.1 Å². The van der Waals surface area contributed by atoms with Gasteiger partial charge in [0.2, 0.25) is 5.91 Å². The molecule has 0 atom stereocenters. The number of carbonyl (C=O) groups excluding carboxylic acids is 1. The smallest absolute Gasteiger partial charge is 0.317 e. The zero-order chi connectivity index (χ0) is 16.8. The first-order valence-corrected chi connectivity index (χ1v) is 8.35. The maximum absolute atomic E-state index is 12.2. The molecule has 1 aliphatic carbocycles. The highest BCUT2D eigenvalue weighted by Gasteiger charge is 2.34. The Morgan fingerprint density at radius 1 is 1.22 bits per heavy atom. The van der Waals surface area contributed by atoms with Gasteiger partial charge in [-0.05, 0) is 36.9 Å². The van der Waals surface area contributed by atoms with Crippen molar-refractivity contribution in [3.63, 3.8) is 0 Å². The van der Waals surface area contributed by atoms with Crippen LogP contribution in [0.25, 0.3) is 0 Å². The molecule has 23 heavy (non-hydrogen) atoms. The fourth-order valence-electron chi connectivity index (χ4n) is 3.20. The van der Waals surface area contributed by atoms with Crippen molar-refractivity contribution in [3.05, 3.63) is 35.4 Å². The molecule has 1 aromatic rings. The quantitative estimate of drug-likeness (QED) is 0.767. The fourth-order valence-corrected chi connectivity index (χ4v) is 3.20. The third-order valence-corrected chi connectivity index (χ3v) is 4.59. The summed E-state index contributed by atoms with van der Waals surface area (Å²) in [4.78, 5) is 25.0. The van der Waals surface area contributed by atoms with Crippen LogP contribution in [0, 0.1) is 0 Å². The van der Waals surface area contributed by atoms with E-state index >= 15 is 0 Å². The van der Waals surface area contributed by atoms with Crippen LogP contribution in [-0.2, 0) is 22.4 Å². The maximum Gasteiger partial charge on any atom is 0.317 e. The maximum atomic E-state index is 12.2. The van der Waals surface area contributed by atoms with E-state index in [1.807, 2.05) is 30.0 Å². The van der Waals surface area contributed by atoms with E-state index in [1.54, 1.807) is 0 Å². The molecule has 0 bridgehead atoms. The predicted molar refractivity (Wildman–Crippen MR) is 89.4 cm³/mol. The largest absolute Gasteiger partial charge is 0.480 e. The molecule has 1 fully saturated rings. The van der Waals surface area contributed by atoms with Crippen LogP contribution in [0.2, 0.25) is 0 Å². The zero-order valence-electron chi connectivity index (χ0n) is 13.9. The van der Waals surface area contributed by atoms with E-state index in [-0.39, 0.29) is 24.5 Å². The van der Waals surface area contributed by atoms with Gasteiger partial charge in [0, 0.05) is 12.1 Å². The Bertz CT molecular complexity index is 553. The van der Waals surface area contributed by atoms with Gasteiger partial charge >= 0.3 is 5.97 Å². The second-order valence-electron chi connectivity index (χ2n) is 6.15. The number of aryl methyl sites for hydroxylation is 1. The molecule has 1 saturated carbocycles. The zero-order valence-corrected chi connectivity index (χ0v) is 13.9. The number of carboxylic acid groups (broad SMARTS) is 1.